The predicted octanol–water partition coefficient (Wildman–Crippen LogP) is 1.65. The van der Waals surface area contributed by atoms with Gasteiger partial charge in [-0.1, -0.05) is 6.07 Å². The van der Waals surface area contributed by atoms with Gasteiger partial charge in [-0.2, -0.15) is 5.10 Å². The molecule has 2 rings (SSSR count). The molecule has 6 nitrogen and oxygen atoms in total. The topological polar surface area (TPSA) is 76.9 Å². The molecular weight excluding hydrogens is 276 g/mol. The van der Waals surface area contributed by atoms with Gasteiger partial charge in [-0.3, -0.25) is 9.67 Å². The van der Waals surface area contributed by atoms with Crippen LogP contribution in [0.5, 0.6) is 0 Å². The van der Waals surface area contributed by atoms with E-state index in [1.165, 1.54) is 4.68 Å². The first kappa shape index (κ1) is 14.7. The molecule has 0 aliphatic carbocycles. The van der Waals surface area contributed by atoms with Crippen molar-refractivity contribution in [2.24, 2.45) is 0 Å². The molecule has 0 aromatic carbocycles. The van der Waals surface area contributed by atoms with Crippen LogP contribution in [0.1, 0.15) is 31.1 Å². The van der Waals surface area contributed by atoms with Gasteiger partial charge in [0.2, 0.25) is 0 Å². The van der Waals surface area contributed by atoms with Crippen LogP contribution in [0.3, 0.4) is 0 Å². The van der Waals surface area contributed by atoms with E-state index in [0.29, 0.717) is 12.2 Å². The largest absolute Gasteiger partial charge is 0.264 e. The fourth-order valence-corrected chi connectivity index (χ4v) is 3.45. The minimum Gasteiger partial charge on any atom is -0.264 e. The van der Waals surface area contributed by atoms with E-state index < -0.39 is 10.0 Å². The van der Waals surface area contributed by atoms with Gasteiger partial charge in [0.15, 0.2) is 5.03 Å². The van der Waals surface area contributed by atoms with Crippen LogP contribution >= 0.6 is 0 Å². The molecule has 0 aliphatic heterocycles. The molecule has 0 bridgehead atoms. The highest BCUT2D eigenvalue weighted by molar-refractivity contribution is 7.89. The zero-order valence-corrected chi connectivity index (χ0v) is 12.6. The zero-order chi connectivity index (χ0) is 14.8. The number of rotatable bonds is 5. The van der Waals surface area contributed by atoms with Crippen LogP contribution in [0.4, 0.5) is 0 Å². The summed E-state index contributed by atoms with van der Waals surface area (Å²) in [6.45, 7) is 5.92. The van der Waals surface area contributed by atoms with Crippen molar-refractivity contribution >= 4 is 10.0 Å². The normalized spacial score (nSPS) is 13.3. The molecule has 0 saturated heterocycles. The third-order valence-corrected chi connectivity index (χ3v) is 4.50. The van der Waals surface area contributed by atoms with Gasteiger partial charge in [-0.05, 0) is 38.5 Å². The number of sulfonamides is 1. The summed E-state index contributed by atoms with van der Waals surface area (Å²) < 4.78 is 29.0. The number of pyridine rings is 1. The van der Waals surface area contributed by atoms with Crippen molar-refractivity contribution in [1.29, 1.82) is 0 Å². The van der Waals surface area contributed by atoms with Crippen molar-refractivity contribution in [3.63, 3.8) is 0 Å². The Morgan fingerprint density at radius 3 is 2.80 bits per heavy atom. The molecule has 0 saturated carbocycles. The van der Waals surface area contributed by atoms with Crippen molar-refractivity contribution in [2.45, 2.75) is 38.4 Å². The Morgan fingerprint density at radius 2 is 2.20 bits per heavy atom. The lowest BCUT2D eigenvalue weighted by Crippen LogP contribution is -2.29. The monoisotopic (exact) mass is 294 g/mol. The van der Waals surface area contributed by atoms with Crippen LogP contribution in [0.2, 0.25) is 0 Å². The number of nitrogens with zero attached hydrogens (tertiary/aromatic N) is 3. The second-order valence-corrected chi connectivity index (χ2v) is 6.23. The minimum absolute atomic E-state index is 0.188. The molecular formula is C13H18N4O2S. The maximum Gasteiger partial charge on any atom is 0.258 e. The van der Waals surface area contributed by atoms with E-state index in [-0.39, 0.29) is 11.1 Å². The third-order valence-electron chi connectivity index (χ3n) is 2.96. The Labute approximate surface area is 118 Å². The Bertz CT molecular complexity index is 680. The lowest BCUT2D eigenvalue weighted by molar-refractivity contribution is 0.533. The summed E-state index contributed by atoms with van der Waals surface area (Å²) in [7, 11) is -3.61. The molecule has 0 amide bonds. The van der Waals surface area contributed by atoms with Crippen LogP contribution < -0.4 is 4.72 Å². The average molecular weight is 294 g/mol. The van der Waals surface area contributed by atoms with Gasteiger partial charge >= 0.3 is 0 Å². The average Bonchev–Trinajstić information content (AvgIpc) is 2.81. The zero-order valence-electron chi connectivity index (χ0n) is 11.7. The van der Waals surface area contributed by atoms with Gasteiger partial charge < -0.3 is 0 Å². The van der Waals surface area contributed by atoms with Crippen LogP contribution in [-0.2, 0) is 16.6 Å². The van der Waals surface area contributed by atoms with E-state index in [0.717, 1.165) is 5.56 Å². The van der Waals surface area contributed by atoms with E-state index in [2.05, 4.69) is 14.8 Å². The summed E-state index contributed by atoms with van der Waals surface area (Å²) >= 11 is 0. The first-order chi connectivity index (χ1) is 9.44. The minimum atomic E-state index is -3.61. The molecule has 2 aromatic heterocycles. The maximum atomic E-state index is 12.4. The van der Waals surface area contributed by atoms with Crippen LogP contribution in [-0.4, -0.2) is 23.2 Å². The van der Waals surface area contributed by atoms with Crippen molar-refractivity contribution in [3.05, 3.63) is 41.9 Å². The second kappa shape index (κ2) is 5.72. The summed E-state index contributed by atoms with van der Waals surface area (Å²) in [5, 5.41) is 4.35. The Kier molecular flexibility index (Phi) is 4.20. The lowest BCUT2D eigenvalue weighted by atomic mass is 10.2. The fourth-order valence-electron chi connectivity index (χ4n) is 1.96. The number of hydrogen-bond acceptors (Lipinski definition) is 4. The quantitative estimate of drug-likeness (QED) is 0.909. The highest BCUT2D eigenvalue weighted by Gasteiger charge is 2.23. The predicted molar refractivity (Wildman–Crippen MR) is 75.6 cm³/mol. The molecule has 2 heterocycles. The van der Waals surface area contributed by atoms with Gasteiger partial charge in [0.05, 0.1) is 5.69 Å². The molecule has 2 aromatic rings. The third kappa shape index (κ3) is 3.05. The van der Waals surface area contributed by atoms with E-state index >= 15 is 0 Å². The van der Waals surface area contributed by atoms with Crippen LogP contribution in [0.15, 0.2) is 35.6 Å². The standard InChI is InChI=1S/C13H18N4O2S/c1-4-17-13(8-10(2)15-17)20(18,19)16-11(3)12-6-5-7-14-9-12/h5-9,11,16H,4H2,1-3H3/t11-/m1/s1. The highest BCUT2D eigenvalue weighted by Crippen LogP contribution is 2.17. The van der Waals surface area contributed by atoms with Crippen molar-refractivity contribution in [3.8, 4) is 0 Å². The first-order valence-electron chi connectivity index (χ1n) is 6.40. The van der Waals surface area contributed by atoms with Gasteiger partial charge in [0, 0.05) is 25.0 Å². The molecule has 20 heavy (non-hydrogen) atoms. The number of nitrogens with one attached hydrogen (secondary N) is 1. The Hall–Kier alpha value is -1.73. The molecule has 1 N–H and O–H groups in total. The lowest BCUT2D eigenvalue weighted by Gasteiger charge is -2.14. The summed E-state index contributed by atoms with van der Waals surface area (Å²) in [5.74, 6) is 0. The number of aromatic nitrogens is 3. The van der Waals surface area contributed by atoms with Crippen molar-refractivity contribution in [1.82, 2.24) is 19.5 Å². The van der Waals surface area contributed by atoms with E-state index in [4.69, 9.17) is 0 Å². The summed E-state index contributed by atoms with van der Waals surface area (Å²) in [6, 6.07) is 4.83. The molecule has 0 fully saturated rings. The Balaban J connectivity index is 2.27. The van der Waals surface area contributed by atoms with Crippen molar-refractivity contribution < 1.29 is 8.42 Å². The van der Waals surface area contributed by atoms with Gasteiger partial charge in [0.25, 0.3) is 10.0 Å². The SMILES string of the molecule is CCn1nc(C)cc1S(=O)(=O)N[C@H](C)c1cccnc1. The molecule has 1 atom stereocenters. The van der Waals surface area contributed by atoms with Crippen LogP contribution in [0.25, 0.3) is 0 Å². The summed E-state index contributed by atoms with van der Waals surface area (Å²) in [4.78, 5) is 3.99. The van der Waals surface area contributed by atoms with Gasteiger partial charge in [-0.25, -0.2) is 13.1 Å². The molecule has 7 heteroatoms. The van der Waals surface area contributed by atoms with Crippen LogP contribution in [0, 0.1) is 6.92 Å². The number of hydrogen-bond donors (Lipinski definition) is 1. The maximum absolute atomic E-state index is 12.4. The first-order valence-corrected chi connectivity index (χ1v) is 7.89. The molecule has 0 aliphatic rings. The molecule has 108 valence electrons. The second-order valence-electron chi connectivity index (χ2n) is 4.57. The Morgan fingerprint density at radius 1 is 1.45 bits per heavy atom. The van der Waals surface area contributed by atoms with E-state index in [1.54, 1.807) is 38.4 Å². The summed E-state index contributed by atoms with van der Waals surface area (Å²) in [6.07, 6.45) is 3.30. The molecule has 0 unspecified atom stereocenters. The smallest absolute Gasteiger partial charge is 0.258 e. The van der Waals surface area contributed by atoms with Gasteiger partial charge in [0.1, 0.15) is 0 Å². The molecule has 0 radical (unpaired) electrons. The fraction of sp³-hybridized carbons (Fsp3) is 0.385. The van der Waals surface area contributed by atoms with E-state index in [9.17, 15) is 8.42 Å². The highest BCUT2D eigenvalue weighted by atomic mass is 32.2. The summed E-state index contributed by atoms with van der Waals surface area (Å²) in [5.41, 5.74) is 1.50. The van der Waals surface area contributed by atoms with Gasteiger partial charge in [-0.15, -0.1) is 0 Å². The number of aryl methyl sites for hydroxylation is 2. The molecule has 0 spiro atoms. The van der Waals surface area contributed by atoms with Crippen molar-refractivity contribution in [2.75, 3.05) is 0 Å². The van der Waals surface area contributed by atoms with E-state index in [1.807, 2.05) is 13.0 Å².